The Balaban J connectivity index is 0.00000240. The molecular formula is C22H16F2N4Pt. The van der Waals surface area contributed by atoms with Crippen LogP contribution < -0.4 is 0 Å². The number of benzene rings is 1. The number of hydrogen-bond acceptors (Lipinski definition) is 3. The van der Waals surface area contributed by atoms with Gasteiger partial charge in [0.1, 0.15) is 11.9 Å². The van der Waals surface area contributed by atoms with Gasteiger partial charge in [0.15, 0.2) is 0 Å². The van der Waals surface area contributed by atoms with E-state index in [0.717, 1.165) is 17.4 Å². The van der Waals surface area contributed by atoms with E-state index in [1.54, 1.807) is 16.8 Å². The molecule has 0 bridgehead atoms. The fourth-order valence-corrected chi connectivity index (χ4v) is 2.92. The zero-order valence-electron chi connectivity index (χ0n) is 15.6. The van der Waals surface area contributed by atoms with Gasteiger partial charge in [0.25, 0.3) is 0 Å². The average Bonchev–Trinajstić information content (AvgIpc) is 3.20. The van der Waals surface area contributed by atoms with Crippen LogP contribution >= 0.6 is 0 Å². The summed E-state index contributed by atoms with van der Waals surface area (Å²) in [7, 11) is 0. The molecule has 0 saturated carbocycles. The zero-order chi connectivity index (χ0) is 19.7. The van der Waals surface area contributed by atoms with Gasteiger partial charge in [0.05, 0.1) is 11.1 Å². The van der Waals surface area contributed by atoms with Crippen LogP contribution in [0.3, 0.4) is 0 Å². The van der Waals surface area contributed by atoms with Crippen LogP contribution in [-0.4, -0.2) is 19.7 Å². The zero-order valence-corrected chi connectivity index (χ0v) is 17.9. The normalized spacial score (nSPS) is 11.2. The maximum atomic E-state index is 14.0. The minimum atomic E-state index is -0.939. The summed E-state index contributed by atoms with van der Waals surface area (Å²) >= 11 is 0. The van der Waals surface area contributed by atoms with E-state index in [1.165, 1.54) is 0 Å². The summed E-state index contributed by atoms with van der Waals surface area (Å²) in [6.45, 7) is 3.98. The minimum absolute atomic E-state index is 0. The van der Waals surface area contributed by atoms with Crippen LogP contribution in [0, 0.1) is 24.0 Å². The number of para-hydroxylation sites is 1. The molecule has 0 atom stereocenters. The second kappa shape index (κ2) is 8.34. The molecule has 4 nitrogen and oxygen atoms in total. The Labute approximate surface area is 181 Å². The fourth-order valence-electron chi connectivity index (χ4n) is 2.92. The van der Waals surface area contributed by atoms with E-state index >= 15 is 0 Å². The van der Waals surface area contributed by atoms with E-state index in [1.807, 2.05) is 56.4 Å². The van der Waals surface area contributed by atoms with Gasteiger partial charge in [-0.15, -0.1) is 12.1 Å². The summed E-state index contributed by atoms with van der Waals surface area (Å²) in [6, 6.07) is 21.5. The number of pyridine rings is 2. The SMILES string of the molecule is CC(C)(c1cccc(-c2[c-]cc(F)nc2F)n1)c1ccn(-c2[c-]cccc2)n1.[Pt+2]. The molecule has 4 aromatic rings. The second-order valence-corrected chi connectivity index (χ2v) is 6.82. The molecule has 29 heavy (non-hydrogen) atoms. The first kappa shape index (κ1) is 21.0. The van der Waals surface area contributed by atoms with E-state index in [-0.39, 0.29) is 26.6 Å². The molecule has 0 aliphatic rings. The quantitative estimate of drug-likeness (QED) is 0.268. The smallest absolute Gasteiger partial charge is 0.300 e. The molecule has 148 valence electrons. The second-order valence-electron chi connectivity index (χ2n) is 6.82. The number of halogens is 2. The first-order valence-corrected chi connectivity index (χ1v) is 8.70. The summed E-state index contributed by atoms with van der Waals surface area (Å²) in [5.74, 6) is -1.85. The summed E-state index contributed by atoms with van der Waals surface area (Å²) in [6.07, 6.45) is 1.87. The fraction of sp³-hybridized carbons (Fsp3) is 0.136. The Kier molecular flexibility index (Phi) is 6.04. The molecule has 0 amide bonds. The summed E-state index contributed by atoms with van der Waals surface area (Å²) < 4.78 is 28.9. The van der Waals surface area contributed by atoms with Crippen molar-refractivity contribution in [3.05, 3.63) is 96.2 Å². The number of rotatable bonds is 4. The molecule has 1 aromatic carbocycles. The van der Waals surface area contributed by atoms with Gasteiger partial charge >= 0.3 is 21.1 Å². The Morgan fingerprint density at radius 1 is 0.931 bits per heavy atom. The summed E-state index contributed by atoms with van der Waals surface area (Å²) in [5, 5.41) is 4.66. The molecular weight excluding hydrogens is 553 g/mol. The molecule has 0 saturated heterocycles. The molecule has 4 rings (SSSR count). The van der Waals surface area contributed by atoms with Gasteiger partial charge in [-0.25, -0.2) is 8.78 Å². The predicted octanol–water partition coefficient (Wildman–Crippen LogP) is 4.53. The van der Waals surface area contributed by atoms with Gasteiger partial charge in [-0.2, -0.15) is 29.4 Å². The minimum Gasteiger partial charge on any atom is -0.300 e. The molecule has 0 aliphatic carbocycles. The Bertz CT molecular complexity index is 1130. The molecule has 7 heteroatoms. The Morgan fingerprint density at radius 3 is 2.48 bits per heavy atom. The predicted molar refractivity (Wildman–Crippen MR) is 101 cm³/mol. The van der Waals surface area contributed by atoms with Crippen LogP contribution in [0.5, 0.6) is 0 Å². The van der Waals surface area contributed by atoms with Gasteiger partial charge in [-0.3, -0.25) is 9.67 Å². The topological polar surface area (TPSA) is 43.6 Å². The van der Waals surface area contributed by atoms with E-state index < -0.39 is 17.3 Å². The third kappa shape index (κ3) is 4.18. The van der Waals surface area contributed by atoms with Crippen molar-refractivity contribution in [3.63, 3.8) is 0 Å². The van der Waals surface area contributed by atoms with Crippen LogP contribution in [0.25, 0.3) is 16.9 Å². The molecule has 0 N–H and O–H groups in total. The van der Waals surface area contributed by atoms with Crippen molar-refractivity contribution >= 4 is 0 Å². The first-order chi connectivity index (χ1) is 13.4. The van der Waals surface area contributed by atoms with Crippen molar-refractivity contribution in [2.75, 3.05) is 0 Å². The Morgan fingerprint density at radius 2 is 1.76 bits per heavy atom. The van der Waals surface area contributed by atoms with Gasteiger partial charge in [0.2, 0.25) is 0 Å². The maximum absolute atomic E-state index is 14.0. The summed E-state index contributed by atoms with van der Waals surface area (Å²) in [5.41, 5.74) is 2.16. The van der Waals surface area contributed by atoms with Crippen LogP contribution in [0.1, 0.15) is 25.2 Å². The number of nitrogens with zero attached hydrogens (tertiary/aromatic N) is 4. The molecule has 3 aromatic heterocycles. The maximum Gasteiger partial charge on any atom is 2.00 e. The van der Waals surface area contributed by atoms with E-state index in [4.69, 9.17) is 0 Å². The van der Waals surface area contributed by atoms with Crippen molar-refractivity contribution in [2.24, 2.45) is 0 Å². The van der Waals surface area contributed by atoms with Crippen molar-refractivity contribution in [3.8, 4) is 16.9 Å². The van der Waals surface area contributed by atoms with Crippen molar-refractivity contribution < 1.29 is 29.8 Å². The third-order valence-electron chi connectivity index (χ3n) is 4.56. The van der Waals surface area contributed by atoms with Crippen LogP contribution in [0.15, 0.2) is 60.8 Å². The summed E-state index contributed by atoms with van der Waals surface area (Å²) in [4.78, 5) is 7.79. The van der Waals surface area contributed by atoms with Crippen molar-refractivity contribution in [1.29, 1.82) is 0 Å². The molecule has 0 fully saturated rings. The van der Waals surface area contributed by atoms with Crippen molar-refractivity contribution in [2.45, 2.75) is 19.3 Å². The standard InChI is InChI=1S/C22H16F2N4.Pt/c1-22(2,19-13-14-28(27-19)15-7-4-3-5-8-15)18-10-6-9-17(25-18)16-11-12-20(23)26-21(16)24;/h3-7,9-10,12-14H,1-2H3;/q-2;+2. The number of aromatic nitrogens is 4. The van der Waals surface area contributed by atoms with Gasteiger partial charge in [0, 0.05) is 11.9 Å². The van der Waals surface area contributed by atoms with Crippen LogP contribution in [0.4, 0.5) is 8.78 Å². The van der Waals surface area contributed by atoms with Crippen LogP contribution in [0.2, 0.25) is 0 Å². The Hall–Kier alpha value is -2.72. The largest absolute Gasteiger partial charge is 2.00 e. The molecule has 0 unspecified atom stereocenters. The van der Waals surface area contributed by atoms with Gasteiger partial charge in [-0.05, 0) is 37.4 Å². The molecule has 0 spiro atoms. The average molecular weight is 569 g/mol. The van der Waals surface area contributed by atoms with Crippen LogP contribution in [-0.2, 0) is 26.5 Å². The van der Waals surface area contributed by atoms with E-state index in [2.05, 4.69) is 27.2 Å². The molecule has 0 aliphatic heterocycles. The van der Waals surface area contributed by atoms with Gasteiger partial charge in [-0.1, -0.05) is 23.8 Å². The monoisotopic (exact) mass is 569 g/mol. The molecule has 3 heterocycles. The van der Waals surface area contributed by atoms with Crippen molar-refractivity contribution in [1.82, 2.24) is 19.7 Å². The van der Waals surface area contributed by atoms with E-state index in [9.17, 15) is 8.78 Å². The van der Waals surface area contributed by atoms with Gasteiger partial charge < -0.3 is 4.98 Å². The first-order valence-electron chi connectivity index (χ1n) is 8.70. The third-order valence-corrected chi connectivity index (χ3v) is 4.56. The molecule has 0 radical (unpaired) electrons. The number of hydrogen-bond donors (Lipinski definition) is 0. The van der Waals surface area contributed by atoms with E-state index in [0.29, 0.717) is 11.4 Å².